The van der Waals surface area contributed by atoms with E-state index in [2.05, 4.69) is 10.1 Å². The molecule has 1 aliphatic heterocycles. The van der Waals surface area contributed by atoms with Crippen LogP contribution >= 0.6 is 0 Å². The zero-order chi connectivity index (χ0) is 15.2. The topological polar surface area (TPSA) is 39.7 Å². The molecule has 1 saturated heterocycles. The van der Waals surface area contributed by atoms with Gasteiger partial charge in [0.2, 0.25) is 0 Å². The van der Waals surface area contributed by atoms with Gasteiger partial charge in [0.05, 0.1) is 20.8 Å². The first-order valence-electron chi connectivity index (χ1n) is 7.01. The Hall–Kier alpha value is -1.40. The monoisotopic (exact) mass is 301 g/mol. The van der Waals surface area contributed by atoms with Crippen LogP contribution in [0.5, 0.6) is 11.5 Å². The van der Waals surface area contributed by atoms with E-state index in [-0.39, 0.29) is 6.61 Å². The fourth-order valence-electron chi connectivity index (χ4n) is 2.70. The van der Waals surface area contributed by atoms with Gasteiger partial charge in [-0.25, -0.2) is 0 Å². The number of hydrogen-bond acceptors (Lipinski definition) is 4. The van der Waals surface area contributed by atoms with E-state index in [0.29, 0.717) is 23.0 Å². The van der Waals surface area contributed by atoms with Gasteiger partial charge in [0, 0.05) is 11.1 Å². The Bertz CT molecular complexity index is 462. The fraction of sp³-hybridized carbons (Fsp3) is 0.600. The van der Waals surface area contributed by atoms with E-state index in [1.54, 1.807) is 13.2 Å². The third-order valence-corrected chi connectivity index (χ3v) is 3.78. The molecular weight excluding hydrogens is 280 g/mol. The van der Waals surface area contributed by atoms with E-state index in [1.807, 2.05) is 6.07 Å². The lowest BCUT2D eigenvalue weighted by molar-refractivity contribution is -0.137. The van der Waals surface area contributed by atoms with Crippen LogP contribution in [-0.4, -0.2) is 33.9 Å². The summed E-state index contributed by atoms with van der Waals surface area (Å²) in [4.78, 5) is 0. The summed E-state index contributed by atoms with van der Waals surface area (Å²) in [5, 5.41) is 3.32. The Morgan fingerprint density at radius 3 is 2.38 bits per heavy atom. The summed E-state index contributed by atoms with van der Waals surface area (Å²) < 4.78 is 39.5. The van der Waals surface area contributed by atoms with Gasteiger partial charge in [0.15, 0.2) is 0 Å². The number of nitrogens with one attached hydrogen (secondary N) is 1. The molecule has 1 heterocycles. The highest BCUT2D eigenvalue weighted by Gasteiger charge is 2.21. The molecule has 2 rings (SSSR count). The molecule has 21 heavy (non-hydrogen) atoms. The molecule has 1 fully saturated rings. The Balaban J connectivity index is 2.28. The normalized spacial score (nSPS) is 16.2. The summed E-state index contributed by atoms with van der Waals surface area (Å²) >= 11 is 0. The SMILES string of the molecule is COc1cc(C2CCNCC2)c(OC)cc1COC(F)F. The molecule has 0 aromatic heterocycles. The second kappa shape index (κ2) is 7.56. The van der Waals surface area contributed by atoms with Crippen molar-refractivity contribution < 1.29 is 23.0 Å². The second-order valence-electron chi connectivity index (χ2n) is 5.00. The number of alkyl halides is 2. The predicted molar refractivity (Wildman–Crippen MR) is 75.2 cm³/mol. The maximum absolute atomic E-state index is 12.2. The van der Waals surface area contributed by atoms with Gasteiger partial charge in [0.25, 0.3) is 0 Å². The molecule has 1 aliphatic rings. The molecule has 0 atom stereocenters. The lowest BCUT2D eigenvalue weighted by Crippen LogP contribution is -2.26. The summed E-state index contributed by atoms with van der Waals surface area (Å²) in [6.07, 6.45) is 2.04. The highest BCUT2D eigenvalue weighted by atomic mass is 19.3. The Labute approximate surface area is 123 Å². The van der Waals surface area contributed by atoms with Crippen LogP contribution < -0.4 is 14.8 Å². The van der Waals surface area contributed by atoms with Crippen molar-refractivity contribution in [1.29, 1.82) is 0 Å². The van der Waals surface area contributed by atoms with Gasteiger partial charge >= 0.3 is 6.61 Å². The highest BCUT2D eigenvalue weighted by Crippen LogP contribution is 2.37. The van der Waals surface area contributed by atoms with Crippen LogP contribution in [0.3, 0.4) is 0 Å². The molecule has 1 N–H and O–H groups in total. The van der Waals surface area contributed by atoms with Crippen molar-refractivity contribution in [3.8, 4) is 11.5 Å². The van der Waals surface area contributed by atoms with Crippen molar-refractivity contribution in [3.63, 3.8) is 0 Å². The molecule has 6 heteroatoms. The van der Waals surface area contributed by atoms with E-state index in [4.69, 9.17) is 9.47 Å². The molecule has 0 unspecified atom stereocenters. The lowest BCUT2D eigenvalue weighted by Gasteiger charge is -2.25. The van der Waals surface area contributed by atoms with Gasteiger partial charge in [0.1, 0.15) is 11.5 Å². The van der Waals surface area contributed by atoms with Gasteiger partial charge in [-0.2, -0.15) is 8.78 Å². The summed E-state index contributed by atoms with van der Waals surface area (Å²) in [6.45, 7) is -1.08. The van der Waals surface area contributed by atoms with E-state index < -0.39 is 6.61 Å². The second-order valence-corrected chi connectivity index (χ2v) is 5.00. The number of methoxy groups -OCH3 is 2. The summed E-state index contributed by atoms with van der Waals surface area (Å²) in [6, 6.07) is 3.62. The first kappa shape index (κ1) is 16.0. The van der Waals surface area contributed by atoms with Gasteiger partial charge in [-0.05, 0) is 44.0 Å². The molecule has 1 aromatic rings. The molecule has 4 nitrogen and oxygen atoms in total. The van der Waals surface area contributed by atoms with E-state index in [0.717, 1.165) is 31.5 Å². The minimum atomic E-state index is -2.80. The zero-order valence-corrected chi connectivity index (χ0v) is 12.3. The van der Waals surface area contributed by atoms with Gasteiger partial charge in [-0.3, -0.25) is 0 Å². The standard InChI is InChI=1S/C15H21F2NO3/c1-19-13-8-12(10-3-5-18-6-4-10)14(20-2)7-11(13)9-21-15(16)17/h7-8,10,15,18H,3-6,9H2,1-2H3. The molecule has 0 saturated carbocycles. The number of ether oxygens (including phenoxy) is 3. The molecule has 118 valence electrons. The van der Waals surface area contributed by atoms with Gasteiger partial charge in [-0.1, -0.05) is 0 Å². The van der Waals surface area contributed by atoms with Crippen molar-refractivity contribution in [2.45, 2.75) is 32.0 Å². The maximum atomic E-state index is 12.2. The molecule has 0 aliphatic carbocycles. The number of benzene rings is 1. The number of piperidine rings is 1. The molecule has 0 amide bonds. The Morgan fingerprint density at radius 1 is 1.14 bits per heavy atom. The van der Waals surface area contributed by atoms with Crippen LogP contribution in [0.1, 0.15) is 29.9 Å². The predicted octanol–water partition coefficient (Wildman–Crippen LogP) is 2.91. The fourth-order valence-corrected chi connectivity index (χ4v) is 2.70. The minimum absolute atomic E-state index is 0.205. The van der Waals surface area contributed by atoms with Crippen LogP contribution in [0, 0.1) is 0 Å². The Morgan fingerprint density at radius 2 is 1.81 bits per heavy atom. The maximum Gasteiger partial charge on any atom is 0.345 e. The van der Waals surface area contributed by atoms with Crippen molar-refractivity contribution in [3.05, 3.63) is 23.3 Å². The smallest absolute Gasteiger partial charge is 0.345 e. The highest BCUT2D eigenvalue weighted by molar-refractivity contribution is 5.48. The van der Waals surface area contributed by atoms with Crippen LogP contribution in [-0.2, 0) is 11.3 Å². The van der Waals surface area contributed by atoms with Gasteiger partial charge in [-0.15, -0.1) is 0 Å². The van der Waals surface area contributed by atoms with E-state index >= 15 is 0 Å². The number of rotatable bonds is 6. The number of hydrogen-bond donors (Lipinski definition) is 1. The quantitative estimate of drug-likeness (QED) is 0.877. The zero-order valence-electron chi connectivity index (χ0n) is 12.3. The lowest BCUT2D eigenvalue weighted by atomic mass is 9.88. The first-order valence-corrected chi connectivity index (χ1v) is 7.01. The summed E-state index contributed by atoms with van der Waals surface area (Å²) in [7, 11) is 3.12. The van der Waals surface area contributed by atoms with Gasteiger partial charge < -0.3 is 19.5 Å². The van der Waals surface area contributed by atoms with Crippen LogP contribution in [0.25, 0.3) is 0 Å². The van der Waals surface area contributed by atoms with Crippen LogP contribution in [0.4, 0.5) is 8.78 Å². The van der Waals surface area contributed by atoms with Crippen molar-refractivity contribution >= 4 is 0 Å². The third-order valence-electron chi connectivity index (χ3n) is 3.78. The first-order chi connectivity index (χ1) is 10.2. The molecule has 0 bridgehead atoms. The summed E-state index contributed by atoms with van der Waals surface area (Å²) in [5.74, 6) is 1.65. The van der Waals surface area contributed by atoms with Crippen LogP contribution in [0.2, 0.25) is 0 Å². The minimum Gasteiger partial charge on any atom is -0.496 e. The molecular formula is C15H21F2NO3. The van der Waals surface area contributed by atoms with E-state index in [9.17, 15) is 8.78 Å². The van der Waals surface area contributed by atoms with Crippen molar-refractivity contribution in [1.82, 2.24) is 5.32 Å². The average Bonchev–Trinajstić information content (AvgIpc) is 2.52. The van der Waals surface area contributed by atoms with Crippen LogP contribution in [0.15, 0.2) is 12.1 Å². The molecule has 1 aromatic carbocycles. The van der Waals surface area contributed by atoms with Crippen molar-refractivity contribution in [2.75, 3.05) is 27.3 Å². The average molecular weight is 301 g/mol. The summed E-state index contributed by atoms with van der Waals surface area (Å²) in [5.41, 5.74) is 1.63. The van der Waals surface area contributed by atoms with E-state index in [1.165, 1.54) is 7.11 Å². The third kappa shape index (κ3) is 4.04. The Kier molecular flexibility index (Phi) is 5.76. The largest absolute Gasteiger partial charge is 0.496 e. The molecule has 0 radical (unpaired) electrons. The number of halogens is 2. The van der Waals surface area contributed by atoms with Crippen molar-refractivity contribution in [2.24, 2.45) is 0 Å². The molecule has 0 spiro atoms.